The smallest absolute Gasteiger partial charge is 0.317 e. The number of fused-ring (bicyclic) bond motifs is 1. The van der Waals surface area contributed by atoms with Crippen LogP contribution in [0.2, 0.25) is 0 Å². The minimum absolute atomic E-state index is 0.0246. The number of para-hydroxylation sites is 2. The van der Waals surface area contributed by atoms with Crippen LogP contribution in [0.15, 0.2) is 48.5 Å². The lowest BCUT2D eigenvalue weighted by Gasteiger charge is -2.31. The van der Waals surface area contributed by atoms with Crippen LogP contribution >= 0.6 is 0 Å². The minimum Gasteiger partial charge on any atom is -0.497 e. The van der Waals surface area contributed by atoms with Crippen molar-refractivity contribution in [2.75, 3.05) is 26.7 Å². The molecule has 0 unspecified atom stereocenters. The molecule has 0 bridgehead atoms. The van der Waals surface area contributed by atoms with E-state index in [-0.39, 0.29) is 6.03 Å². The highest BCUT2D eigenvalue weighted by Gasteiger charge is 2.25. The van der Waals surface area contributed by atoms with Gasteiger partial charge in [-0.15, -0.1) is 0 Å². The molecule has 2 N–H and O–H groups in total. The molecule has 0 radical (unpaired) electrons. The number of rotatable bonds is 5. The van der Waals surface area contributed by atoms with Crippen LogP contribution in [0.4, 0.5) is 4.79 Å². The summed E-state index contributed by atoms with van der Waals surface area (Å²) in [5.74, 6) is 2.27. The Hall–Kier alpha value is -3.02. The average molecular weight is 378 g/mol. The first kappa shape index (κ1) is 18.3. The summed E-state index contributed by atoms with van der Waals surface area (Å²) >= 11 is 0. The molecule has 4 rings (SSSR count). The second kappa shape index (κ2) is 8.33. The normalized spacial score (nSPS) is 15.0. The lowest BCUT2D eigenvalue weighted by atomic mass is 9.96. The van der Waals surface area contributed by atoms with Crippen LogP contribution < -0.4 is 10.1 Å². The standard InChI is InChI=1S/C22H26N4O2/c1-28-18-8-6-16(7-9-18)10-13-23-22(27)26-14-11-17(12-15-26)21-24-19-4-2-3-5-20(19)25-21/h2-9,17H,10-15H2,1H3,(H,23,27)(H,24,25). The zero-order chi connectivity index (χ0) is 19.3. The molecule has 3 aromatic rings. The summed E-state index contributed by atoms with van der Waals surface area (Å²) in [7, 11) is 1.66. The molecule has 0 spiro atoms. The molecule has 0 saturated carbocycles. The van der Waals surface area contributed by atoms with Crippen molar-refractivity contribution >= 4 is 17.1 Å². The van der Waals surface area contributed by atoms with Gasteiger partial charge in [0.2, 0.25) is 0 Å². The maximum atomic E-state index is 12.4. The van der Waals surface area contributed by atoms with E-state index in [0.29, 0.717) is 12.5 Å². The fourth-order valence-corrected chi connectivity index (χ4v) is 3.74. The SMILES string of the molecule is COc1ccc(CCNC(=O)N2CCC(c3nc4ccccc4[nH]3)CC2)cc1. The number of likely N-dealkylation sites (tertiary alicyclic amines) is 1. The third-order valence-electron chi connectivity index (χ3n) is 5.43. The molecule has 146 valence electrons. The van der Waals surface area contributed by atoms with Crippen molar-refractivity contribution in [1.29, 1.82) is 0 Å². The van der Waals surface area contributed by atoms with Gasteiger partial charge in [-0.3, -0.25) is 0 Å². The summed E-state index contributed by atoms with van der Waals surface area (Å²) in [6.45, 7) is 2.15. The van der Waals surface area contributed by atoms with Gasteiger partial charge < -0.3 is 19.9 Å². The number of carbonyl (C=O) groups is 1. The van der Waals surface area contributed by atoms with Gasteiger partial charge in [0.05, 0.1) is 18.1 Å². The zero-order valence-corrected chi connectivity index (χ0v) is 16.1. The summed E-state index contributed by atoms with van der Waals surface area (Å²) in [6, 6.07) is 16.1. The molecule has 1 saturated heterocycles. The topological polar surface area (TPSA) is 70.2 Å². The lowest BCUT2D eigenvalue weighted by Crippen LogP contribution is -2.44. The Bertz CT molecular complexity index is 894. The highest BCUT2D eigenvalue weighted by Crippen LogP contribution is 2.27. The van der Waals surface area contributed by atoms with Crippen molar-refractivity contribution in [1.82, 2.24) is 20.2 Å². The first-order valence-electron chi connectivity index (χ1n) is 9.83. The fourth-order valence-electron chi connectivity index (χ4n) is 3.74. The Morgan fingerprint density at radius 2 is 1.93 bits per heavy atom. The summed E-state index contributed by atoms with van der Waals surface area (Å²) in [5.41, 5.74) is 3.28. The van der Waals surface area contributed by atoms with E-state index in [0.717, 1.165) is 55.0 Å². The molecule has 1 aromatic heterocycles. The largest absolute Gasteiger partial charge is 0.497 e. The van der Waals surface area contributed by atoms with Crippen LogP contribution in [0.25, 0.3) is 11.0 Å². The van der Waals surface area contributed by atoms with E-state index in [4.69, 9.17) is 9.72 Å². The van der Waals surface area contributed by atoms with Gasteiger partial charge in [-0.2, -0.15) is 0 Å². The average Bonchev–Trinajstić information content (AvgIpc) is 3.18. The number of hydrogen-bond donors (Lipinski definition) is 2. The Balaban J connectivity index is 1.24. The number of hydrogen-bond acceptors (Lipinski definition) is 3. The number of carbonyl (C=O) groups excluding carboxylic acids is 1. The van der Waals surface area contributed by atoms with Gasteiger partial charge in [0.1, 0.15) is 11.6 Å². The van der Waals surface area contributed by atoms with Gasteiger partial charge in [-0.1, -0.05) is 24.3 Å². The predicted molar refractivity (Wildman–Crippen MR) is 110 cm³/mol. The van der Waals surface area contributed by atoms with Crippen molar-refractivity contribution < 1.29 is 9.53 Å². The van der Waals surface area contributed by atoms with Crippen molar-refractivity contribution in [2.24, 2.45) is 0 Å². The van der Waals surface area contributed by atoms with Crippen LogP contribution in [0.3, 0.4) is 0 Å². The molecule has 1 aliphatic heterocycles. The number of aromatic nitrogens is 2. The Labute approximate surface area is 164 Å². The first-order valence-corrected chi connectivity index (χ1v) is 9.83. The number of benzene rings is 2. The number of nitrogens with one attached hydrogen (secondary N) is 2. The quantitative estimate of drug-likeness (QED) is 0.711. The van der Waals surface area contributed by atoms with Gasteiger partial charge in [0, 0.05) is 25.6 Å². The molecule has 1 fully saturated rings. The monoisotopic (exact) mass is 378 g/mol. The first-order chi connectivity index (χ1) is 13.7. The molecule has 0 atom stereocenters. The molecule has 2 amide bonds. The van der Waals surface area contributed by atoms with Crippen molar-refractivity contribution in [3.8, 4) is 5.75 Å². The third kappa shape index (κ3) is 4.11. The molecule has 0 aliphatic carbocycles. The van der Waals surface area contributed by atoms with E-state index in [2.05, 4.69) is 16.4 Å². The van der Waals surface area contributed by atoms with E-state index in [1.165, 1.54) is 5.56 Å². The van der Waals surface area contributed by atoms with Gasteiger partial charge in [0.25, 0.3) is 0 Å². The highest BCUT2D eigenvalue weighted by molar-refractivity contribution is 5.75. The predicted octanol–water partition coefficient (Wildman–Crippen LogP) is 3.70. The Morgan fingerprint density at radius 1 is 1.18 bits per heavy atom. The number of H-pyrrole nitrogens is 1. The molecule has 2 heterocycles. The van der Waals surface area contributed by atoms with Gasteiger partial charge in [0.15, 0.2) is 0 Å². The number of piperidine rings is 1. The molecule has 28 heavy (non-hydrogen) atoms. The van der Waals surface area contributed by atoms with Crippen molar-refractivity contribution in [3.05, 3.63) is 59.9 Å². The number of aromatic amines is 1. The number of amides is 2. The number of imidazole rings is 1. The molecule has 1 aliphatic rings. The van der Waals surface area contributed by atoms with E-state index >= 15 is 0 Å². The summed E-state index contributed by atoms with van der Waals surface area (Å²) in [6.07, 6.45) is 2.68. The molecule has 6 heteroatoms. The van der Waals surface area contributed by atoms with Crippen LogP contribution in [0, 0.1) is 0 Å². The highest BCUT2D eigenvalue weighted by atomic mass is 16.5. The minimum atomic E-state index is 0.0246. The second-order valence-electron chi connectivity index (χ2n) is 7.23. The van der Waals surface area contributed by atoms with E-state index < -0.39 is 0 Å². The number of urea groups is 1. The number of ether oxygens (including phenoxy) is 1. The van der Waals surface area contributed by atoms with Gasteiger partial charge >= 0.3 is 6.03 Å². The Kier molecular flexibility index (Phi) is 5.46. The van der Waals surface area contributed by atoms with Crippen LogP contribution in [-0.4, -0.2) is 47.6 Å². The molecule has 2 aromatic carbocycles. The molecular weight excluding hydrogens is 352 g/mol. The number of methoxy groups -OCH3 is 1. The van der Waals surface area contributed by atoms with E-state index in [1.807, 2.05) is 47.4 Å². The maximum Gasteiger partial charge on any atom is 0.317 e. The summed E-state index contributed by atoms with van der Waals surface area (Å²) < 4.78 is 5.17. The van der Waals surface area contributed by atoms with E-state index in [1.54, 1.807) is 7.11 Å². The van der Waals surface area contributed by atoms with Gasteiger partial charge in [-0.25, -0.2) is 9.78 Å². The Morgan fingerprint density at radius 3 is 2.64 bits per heavy atom. The summed E-state index contributed by atoms with van der Waals surface area (Å²) in [5, 5.41) is 3.04. The number of nitrogens with zero attached hydrogens (tertiary/aromatic N) is 2. The third-order valence-corrected chi connectivity index (χ3v) is 5.43. The van der Waals surface area contributed by atoms with Crippen molar-refractivity contribution in [2.45, 2.75) is 25.2 Å². The van der Waals surface area contributed by atoms with Crippen molar-refractivity contribution in [3.63, 3.8) is 0 Å². The fraction of sp³-hybridized carbons (Fsp3) is 0.364. The zero-order valence-electron chi connectivity index (χ0n) is 16.1. The second-order valence-corrected chi connectivity index (χ2v) is 7.23. The maximum absolute atomic E-state index is 12.4. The van der Waals surface area contributed by atoms with Crippen LogP contribution in [0.5, 0.6) is 5.75 Å². The van der Waals surface area contributed by atoms with E-state index in [9.17, 15) is 4.79 Å². The lowest BCUT2D eigenvalue weighted by molar-refractivity contribution is 0.180. The molecule has 6 nitrogen and oxygen atoms in total. The van der Waals surface area contributed by atoms with Gasteiger partial charge in [-0.05, 0) is 49.1 Å². The van der Waals surface area contributed by atoms with Crippen LogP contribution in [-0.2, 0) is 6.42 Å². The summed E-state index contributed by atoms with van der Waals surface area (Å²) in [4.78, 5) is 22.5. The molecular formula is C22H26N4O2. The van der Waals surface area contributed by atoms with Crippen LogP contribution in [0.1, 0.15) is 30.1 Å².